The van der Waals surface area contributed by atoms with Gasteiger partial charge in [-0.1, -0.05) is 30.3 Å². The third kappa shape index (κ3) is 8.49. The van der Waals surface area contributed by atoms with Crippen molar-refractivity contribution in [1.82, 2.24) is 20.6 Å². The summed E-state index contributed by atoms with van der Waals surface area (Å²) in [5.41, 5.74) is 12.7. The van der Waals surface area contributed by atoms with E-state index >= 15 is 0 Å². The number of nitrogens with two attached hydrogens (primary N) is 1. The number of nitrogens with zero attached hydrogens (tertiary/aromatic N) is 1. The Morgan fingerprint density at radius 3 is 2.36 bits per heavy atom. The van der Waals surface area contributed by atoms with Crippen LogP contribution in [0.1, 0.15) is 61.0 Å². The van der Waals surface area contributed by atoms with Crippen LogP contribution < -0.4 is 21.7 Å². The largest absolute Gasteiger partial charge is 0.350 e. The Kier molecular flexibility index (Phi) is 11.4. The Morgan fingerprint density at radius 1 is 0.956 bits per heavy atom. The molecule has 6 N–H and O–H groups in total. The van der Waals surface area contributed by atoms with E-state index in [1.54, 1.807) is 6.33 Å². The number of fused-ring (bicyclic) bond motifs is 1. The summed E-state index contributed by atoms with van der Waals surface area (Å²) in [5, 5.41) is 8.98. The van der Waals surface area contributed by atoms with Crippen LogP contribution >= 0.6 is 12.4 Å². The van der Waals surface area contributed by atoms with Crippen molar-refractivity contribution in [2.24, 2.45) is 17.6 Å². The Balaban J connectivity index is 0.00000461. The van der Waals surface area contributed by atoms with Crippen molar-refractivity contribution in [3.63, 3.8) is 0 Å². The van der Waals surface area contributed by atoms with E-state index in [1.165, 1.54) is 0 Å². The van der Waals surface area contributed by atoms with E-state index in [4.69, 9.17) is 5.73 Å². The topological polar surface area (TPSA) is 142 Å². The molecule has 0 spiro atoms. The van der Waals surface area contributed by atoms with Crippen LogP contribution in [0.2, 0.25) is 0 Å². The molecule has 1 atom stereocenters. The van der Waals surface area contributed by atoms with Crippen molar-refractivity contribution in [2.45, 2.75) is 65.0 Å². The highest BCUT2D eigenvalue weighted by Gasteiger charge is 2.29. The predicted octanol–water partition coefficient (Wildman–Crippen LogP) is 5.53. The van der Waals surface area contributed by atoms with Crippen molar-refractivity contribution in [3.05, 3.63) is 83.7 Å². The molecule has 1 aromatic heterocycles. The van der Waals surface area contributed by atoms with Crippen molar-refractivity contribution in [1.29, 1.82) is 0 Å². The number of amides is 3. The number of hydrogen-bond acceptors (Lipinski definition) is 5. The summed E-state index contributed by atoms with van der Waals surface area (Å²) in [7, 11) is 0. The molecule has 5 rings (SSSR count). The van der Waals surface area contributed by atoms with Gasteiger partial charge in [0.15, 0.2) is 0 Å². The van der Waals surface area contributed by atoms with Crippen LogP contribution in [-0.2, 0) is 16.0 Å². The van der Waals surface area contributed by atoms with Gasteiger partial charge in [-0.25, -0.2) is 4.98 Å². The van der Waals surface area contributed by atoms with Gasteiger partial charge in [0.1, 0.15) is 6.04 Å². The highest BCUT2D eigenvalue weighted by Crippen LogP contribution is 2.29. The lowest BCUT2D eigenvalue weighted by molar-refractivity contribution is -0.130. The standard InChI is InChI=1S/C35H42N6O3.ClH/c1-21(2)39-34(43)27-12-14-29(22(3)16-27)25-8-4-23(5-9-25)17-32(41-33(42)26-10-6-24(19-36)7-11-26)35(44)40-28-13-15-30-31(18-28)38-20-37-30;/h4-5,8-9,12-16,18,20-21,24,26,32H,6-7,10-11,17,19,36H2,1-3H3,(H,37,38)(H,39,43)(H,40,44)(H,41,42);1H/t24?,26?,32-;/m0./s1. The van der Waals surface area contributed by atoms with E-state index in [2.05, 4.69) is 25.9 Å². The summed E-state index contributed by atoms with van der Waals surface area (Å²) in [6, 6.07) is 18.5. The lowest BCUT2D eigenvalue weighted by atomic mass is 9.81. The number of aromatic nitrogens is 2. The van der Waals surface area contributed by atoms with Crippen LogP contribution in [0.4, 0.5) is 5.69 Å². The van der Waals surface area contributed by atoms with Gasteiger partial charge in [-0.3, -0.25) is 14.4 Å². The van der Waals surface area contributed by atoms with E-state index in [1.807, 2.05) is 81.4 Å². The first-order valence-electron chi connectivity index (χ1n) is 15.5. The molecule has 0 unspecified atom stereocenters. The molecule has 0 radical (unpaired) electrons. The maximum Gasteiger partial charge on any atom is 0.251 e. The molecule has 0 bridgehead atoms. The monoisotopic (exact) mass is 630 g/mol. The number of carbonyl (C=O) groups excluding carboxylic acids is 3. The maximum absolute atomic E-state index is 13.6. The normalized spacial score (nSPS) is 16.9. The second-order valence-corrected chi connectivity index (χ2v) is 12.2. The summed E-state index contributed by atoms with van der Waals surface area (Å²) in [4.78, 5) is 46.7. The van der Waals surface area contributed by atoms with Crippen LogP contribution in [0.3, 0.4) is 0 Å². The Morgan fingerprint density at radius 2 is 1.69 bits per heavy atom. The van der Waals surface area contributed by atoms with Crippen LogP contribution in [0.15, 0.2) is 67.0 Å². The van der Waals surface area contributed by atoms with Gasteiger partial charge in [0, 0.05) is 29.6 Å². The Hall–Kier alpha value is -4.21. The Labute approximate surface area is 270 Å². The van der Waals surface area contributed by atoms with Crippen LogP contribution in [0, 0.1) is 18.8 Å². The first-order chi connectivity index (χ1) is 21.2. The molecule has 238 valence electrons. The third-order valence-electron chi connectivity index (χ3n) is 8.48. The number of aromatic amines is 1. The molecule has 4 aromatic rings. The van der Waals surface area contributed by atoms with E-state index in [-0.39, 0.29) is 42.1 Å². The van der Waals surface area contributed by atoms with Crippen LogP contribution in [0.25, 0.3) is 22.2 Å². The van der Waals surface area contributed by atoms with Gasteiger partial charge in [-0.05, 0) is 112 Å². The number of rotatable bonds is 10. The third-order valence-corrected chi connectivity index (χ3v) is 8.48. The number of aryl methyl sites for hydroxylation is 1. The van der Waals surface area contributed by atoms with Crippen LogP contribution in [-0.4, -0.2) is 46.3 Å². The zero-order valence-electron chi connectivity index (χ0n) is 26.1. The molecular weight excluding hydrogens is 588 g/mol. The van der Waals surface area contributed by atoms with Crippen molar-refractivity contribution in [3.8, 4) is 11.1 Å². The van der Waals surface area contributed by atoms with E-state index in [9.17, 15) is 14.4 Å². The zero-order valence-corrected chi connectivity index (χ0v) is 26.9. The van der Waals surface area contributed by atoms with E-state index in [0.29, 0.717) is 30.1 Å². The number of imidazole rings is 1. The summed E-state index contributed by atoms with van der Waals surface area (Å²) in [6.45, 7) is 6.52. The van der Waals surface area contributed by atoms with Crippen molar-refractivity contribution in [2.75, 3.05) is 11.9 Å². The average Bonchev–Trinajstić information content (AvgIpc) is 3.49. The number of halogens is 1. The minimum Gasteiger partial charge on any atom is -0.350 e. The summed E-state index contributed by atoms with van der Waals surface area (Å²) in [5.74, 6) is -0.105. The second kappa shape index (κ2) is 15.2. The minimum atomic E-state index is -0.751. The van der Waals surface area contributed by atoms with Crippen molar-refractivity contribution >= 4 is 46.8 Å². The van der Waals surface area contributed by atoms with Gasteiger partial charge in [0.2, 0.25) is 11.8 Å². The van der Waals surface area contributed by atoms with Gasteiger partial charge < -0.3 is 26.7 Å². The van der Waals surface area contributed by atoms with Gasteiger partial charge >= 0.3 is 0 Å². The van der Waals surface area contributed by atoms with Gasteiger partial charge in [-0.2, -0.15) is 0 Å². The highest BCUT2D eigenvalue weighted by atomic mass is 35.5. The lowest BCUT2D eigenvalue weighted by Crippen LogP contribution is -2.48. The molecule has 3 amide bonds. The molecular formula is C35H43ClN6O3. The Bertz CT molecular complexity index is 1630. The minimum absolute atomic E-state index is 0. The fraction of sp³-hybridized carbons (Fsp3) is 0.371. The molecule has 1 fully saturated rings. The molecule has 1 heterocycles. The average molecular weight is 631 g/mol. The molecule has 1 aliphatic rings. The number of carbonyl (C=O) groups is 3. The number of benzene rings is 3. The summed E-state index contributed by atoms with van der Waals surface area (Å²) >= 11 is 0. The molecule has 1 saturated carbocycles. The number of H-pyrrole nitrogens is 1. The molecule has 0 saturated heterocycles. The molecule has 10 heteroatoms. The first-order valence-corrected chi connectivity index (χ1v) is 15.5. The number of hydrogen-bond donors (Lipinski definition) is 5. The molecule has 45 heavy (non-hydrogen) atoms. The number of nitrogens with one attached hydrogen (secondary N) is 4. The quantitative estimate of drug-likeness (QED) is 0.157. The molecule has 0 aliphatic heterocycles. The first kappa shape index (κ1) is 33.7. The van der Waals surface area contributed by atoms with Crippen molar-refractivity contribution < 1.29 is 14.4 Å². The van der Waals surface area contributed by atoms with E-state index in [0.717, 1.165) is 59.0 Å². The zero-order chi connectivity index (χ0) is 31.2. The molecule has 1 aliphatic carbocycles. The predicted molar refractivity (Wildman–Crippen MR) is 181 cm³/mol. The van der Waals surface area contributed by atoms with Gasteiger partial charge in [0.25, 0.3) is 5.91 Å². The summed E-state index contributed by atoms with van der Waals surface area (Å²) < 4.78 is 0. The fourth-order valence-corrected chi connectivity index (χ4v) is 5.93. The summed E-state index contributed by atoms with van der Waals surface area (Å²) in [6.07, 6.45) is 5.38. The fourth-order valence-electron chi connectivity index (χ4n) is 5.93. The maximum atomic E-state index is 13.6. The smallest absolute Gasteiger partial charge is 0.251 e. The second-order valence-electron chi connectivity index (χ2n) is 12.2. The van der Waals surface area contributed by atoms with Crippen LogP contribution in [0.5, 0.6) is 0 Å². The van der Waals surface area contributed by atoms with E-state index < -0.39 is 6.04 Å². The molecule has 3 aromatic carbocycles. The molecule has 9 nitrogen and oxygen atoms in total. The SMILES string of the molecule is Cc1cc(C(=O)NC(C)C)ccc1-c1ccc(C[C@H](NC(=O)C2CCC(CN)CC2)C(=O)Nc2ccc3nc[nH]c3c2)cc1.Cl. The highest BCUT2D eigenvalue weighted by molar-refractivity contribution is 5.99. The number of anilines is 1. The lowest BCUT2D eigenvalue weighted by Gasteiger charge is -2.28. The van der Waals surface area contributed by atoms with Gasteiger partial charge in [-0.15, -0.1) is 12.4 Å². The van der Waals surface area contributed by atoms with Gasteiger partial charge in [0.05, 0.1) is 17.4 Å².